The number of nitrogens with zero attached hydrogens (tertiary/aromatic N) is 2. The van der Waals surface area contributed by atoms with Crippen LogP contribution in [0.15, 0.2) is 29.3 Å². The molecule has 2 rings (SSSR count). The Hall–Kier alpha value is -1.35. The zero-order valence-corrected chi connectivity index (χ0v) is 18.9. The first-order valence-electron chi connectivity index (χ1n) is 9.78. The molecule has 27 heavy (non-hydrogen) atoms. The molecule has 1 fully saturated rings. The second-order valence-corrected chi connectivity index (χ2v) is 6.62. The zero-order chi connectivity index (χ0) is 18.6. The largest absolute Gasteiger partial charge is 0.357 e. The Kier molecular flexibility index (Phi) is 12.1. The lowest BCUT2D eigenvalue weighted by Gasteiger charge is -2.14. The van der Waals surface area contributed by atoms with Crippen LogP contribution in [0.2, 0.25) is 0 Å². The minimum absolute atomic E-state index is 0. The maximum Gasteiger partial charge on any atom is 0.251 e. The Labute approximate surface area is 180 Å². The third-order valence-corrected chi connectivity index (χ3v) is 4.57. The highest BCUT2D eigenvalue weighted by atomic mass is 127. The molecule has 1 aliphatic heterocycles. The Balaban J connectivity index is 0.00000364. The highest BCUT2D eigenvalue weighted by Gasteiger charge is 2.10. The number of amides is 1. The number of carbonyl (C=O) groups is 1. The van der Waals surface area contributed by atoms with Crippen LogP contribution in [0, 0.1) is 0 Å². The van der Waals surface area contributed by atoms with Crippen molar-refractivity contribution in [3.8, 4) is 0 Å². The van der Waals surface area contributed by atoms with Crippen LogP contribution >= 0.6 is 24.0 Å². The average Bonchev–Trinajstić information content (AvgIpc) is 3.18. The van der Waals surface area contributed by atoms with Gasteiger partial charge in [0.1, 0.15) is 0 Å². The molecule has 1 aromatic carbocycles. The fourth-order valence-corrected chi connectivity index (χ4v) is 3.17. The molecule has 0 bridgehead atoms. The van der Waals surface area contributed by atoms with Crippen LogP contribution in [0.5, 0.6) is 0 Å². The van der Waals surface area contributed by atoms with Gasteiger partial charge in [0.15, 0.2) is 5.96 Å². The second kappa shape index (κ2) is 13.8. The molecule has 1 heterocycles. The Morgan fingerprint density at radius 1 is 1.22 bits per heavy atom. The number of rotatable bonds is 9. The maximum absolute atomic E-state index is 11.7. The fraction of sp³-hybridized carbons (Fsp3) is 0.600. The van der Waals surface area contributed by atoms with Gasteiger partial charge < -0.3 is 20.9 Å². The lowest BCUT2D eigenvalue weighted by atomic mass is 10.1. The summed E-state index contributed by atoms with van der Waals surface area (Å²) in [7, 11) is 1.65. The molecule has 1 aromatic rings. The van der Waals surface area contributed by atoms with Crippen molar-refractivity contribution < 1.29 is 4.79 Å². The summed E-state index contributed by atoms with van der Waals surface area (Å²) in [5.74, 6) is 0.823. The molecule has 0 saturated carbocycles. The third-order valence-electron chi connectivity index (χ3n) is 4.57. The number of hydrogen-bond donors (Lipinski definition) is 3. The minimum Gasteiger partial charge on any atom is -0.357 e. The van der Waals surface area contributed by atoms with E-state index in [9.17, 15) is 4.79 Å². The van der Waals surface area contributed by atoms with E-state index in [1.165, 1.54) is 25.9 Å². The molecular formula is C20H34IN5O. The lowest BCUT2D eigenvalue weighted by molar-refractivity contribution is 0.0963. The third kappa shape index (κ3) is 8.92. The van der Waals surface area contributed by atoms with E-state index < -0.39 is 0 Å². The Morgan fingerprint density at radius 2 is 2.00 bits per heavy atom. The smallest absolute Gasteiger partial charge is 0.251 e. The van der Waals surface area contributed by atoms with Crippen LogP contribution in [-0.4, -0.2) is 63.1 Å². The number of hydrogen-bond acceptors (Lipinski definition) is 3. The van der Waals surface area contributed by atoms with Crippen molar-refractivity contribution in [3.63, 3.8) is 0 Å². The monoisotopic (exact) mass is 487 g/mol. The molecule has 1 amide bonds. The van der Waals surface area contributed by atoms with Gasteiger partial charge in [0.2, 0.25) is 0 Å². The standard InChI is InChI=1S/C20H33N5O.HI/c1-3-22-20(23-11-7-15-25-13-4-5-14-25)24-12-10-17-8-6-9-18(16-17)19(26)21-2;/h6,8-9,16H,3-5,7,10-15H2,1-2H3,(H,21,26)(H2,22,23,24);1H. The van der Waals surface area contributed by atoms with E-state index in [1.807, 2.05) is 24.3 Å². The van der Waals surface area contributed by atoms with Crippen molar-refractivity contribution in [2.75, 3.05) is 46.3 Å². The van der Waals surface area contributed by atoms with Gasteiger partial charge in [-0.15, -0.1) is 24.0 Å². The first kappa shape index (κ1) is 23.7. The van der Waals surface area contributed by atoms with Gasteiger partial charge in [0.25, 0.3) is 5.91 Å². The summed E-state index contributed by atoms with van der Waals surface area (Å²) in [6, 6.07) is 7.76. The topological polar surface area (TPSA) is 68.8 Å². The molecular weight excluding hydrogens is 453 g/mol. The summed E-state index contributed by atoms with van der Waals surface area (Å²) in [4.78, 5) is 18.9. The molecule has 3 N–H and O–H groups in total. The van der Waals surface area contributed by atoms with E-state index in [-0.39, 0.29) is 29.9 Å². The van der Waals surface area contributed by atoms with E-state index in [1.54, 1.807) is 7.05 Å². The summed E-state index contributed by atoms with van der Waals surface area (Å²) in [5.41, 5.74) is 1.84. The predicted octanol–water partition coefficient (Wildman–Crippen LogP) is 2.25. The average molecular weight is 487 g/mol. The van der Waals surface area contributed by atoms with Crippen molar-refractivity contribution in [3.05, 3.63) is 35.4 Å². The summed E-state index contributed by atoms with van der Waals surface area (Å²) in [6.45, 7) is 8.20. The van der Waals surface area contributed by atoms with Crippen LogP contribution < -0.4 is 16.0 Å². The van der Waals surface area contributed by atoms with Crippen molar-refractivity contribution in [1.29, 1.82) is 0 Å². The predicted molar refractivity (Wildman–Crippen MR) is 123 cm³/mol. The molecule has 0 aromatic heterocycles. The normalized spacial score (nSPS) is 14.5. The molecule has 152 valence electrons. The molecule has 0 unspecified atom stereocenters. The van der Waals surface area contributed by atoms with Crippen LogP contribution in [0.3, 0.4) is 0 Å². The molecule has 6 nitrogen and oxygen atoms in total. The molecule has 7 heteroatoms. The SMILES string of the molecule is CCNC(=NCCCN1CCCC1)NCCc1cccc(C(=O)NC)c1.I. The van der Waals surface area contributed by atoms with Crippen molar-refractivity contribution in [2.24, 2.45) is 4.99 Å². The number of likely N-dealkylation sites (tertiary alicyclic amines) is 1. The van der Waals surface area contributed by atoms with E-state index in [4.69, 9.17) is 0 Å². The van der Waals surface area contributed by atoms with Gasteiger partial charge in [-0.25, -0.2) is 0 Å². The van der Waals surface area contributed by atoms with Crippen molar-refractivity contribution in [1.82, 2.24) is 20.9 Å². The van der Waals surface area contributed by atoms with Gasteiger partial charge in [-0.1, -0.05) is 12.1 Å². The van der Waals surface area contributed by atoms with Crippen molar-refractivity contribution in [2.45, 2.75) is 32.6 Å². The summed E-state index contributed by atoms with van der Waals surface area (Å²) >= 11 is 0. The quantitative estimate of drug-likeness (QED) is 0.216. The summed E-state index contributed by atoms with van der Waals surface area (Å²) < 4.78 is 0. The Morgan fingerprint density at radius 3 is 2.70 bits per heavy atom. The highest BCUT2D eigenvalue weighted by molar-refractivity contribution is 14.0. The number of carbonyl (C=O) groups excluding carboxylic acids is 1. The van der Waals surface area contributed by atoms with Gasteiger partial charge >= 0.3 is 0 Å². The maximum atomic E-state index is 11.7. The number of aliphatic imine (C=N–C) groups is 1. The lowest BCUT2D eigenvalue weighted by Crippen LogP contribution is -2.38. The molecule has 0 atom stereocenters. The summed E-state index contributed by atoms with van der Waals surface area (Å²) in [6.07, 6.45) is 4.64. The molecule has 1 saturated heterocycles. The highest BCUT2D eigenvalue weighted by Crippen LogP contribution is 2.07. The van der Waals surface area contributed by atoms with E-state index in [2.05, 4.69) is 32.8 Å². The first-order chi connectivity index (χ1) is 12.7. The zero-order valence-electron chi connectivity index (χ0n) is 16.6. The van der Waals surface area contributed by atoms with Gasteiger partial charge in [0.05, 0.1) is 0 Å². The second-order valence-electron chi connectivity index (χ2n) is 6.62. The van der Waals surface area contributed by atoms with Crippen LogP contribution in [0.4, 0.5) is 0 Å². The van der Waals surface area contributed by atoms with Crippen LogP contribution in [0.1, 0.15) is 42.1 Å². The minimum atomic E-state index is -0.0484. The van der Waals surface area contributed by atoms with Crippen molar-refractivity contribution >= 4 is 35.8 Å². The van der Waals surface area contributed by atoms with Gasteiger partial charge in [-0.05, 0) is 69.9 Å². The van der Waals surface area contributed by atoms with Crippen LogP contribution in [0.25, 0.3) is 0 Å². The van der Waals surface area contributed by atoms with E-state index in [0.717, 1.165) is 50.5 Å². The van der Waals surface area contributed by atoms with E-state index >= 15 is 0 Å². The van der Waals surface area contributed by atoms with Crippen LogP contribution in [-0.2, 0) is 6.42 Å². The van der Waals surface area contributed by atoms with Gasteiger partial charge in [-0.3, -0.25) is 9.79 Å². The molecule has 0 aliphatic carbocycles. The van der Waals surface area contributed by atoms with Gasteiger partial charge in [0, 0.05) is 32.2 Å². The molecule has 1 aliphatic rings. The molecule has 0 radical (unpaired) electrons. The van der Waals surface area contributed by atoms with E-state index in [0.29, 0.717) is 5.56 Å². The number of halogens is 1. The number of nitrogens with one attached hydrogen (secondary N) is 3. The Bertz CT molecular complexity index is 587. The fourth-order valence-electron chi connectivity index (χ4n) is 3.17. The number of guanidine groups is 1. The summed E-state index contributed by atoms with van der Waals surface area (Å²) in [5, 5.41) is 9.34. The number of benzene rings is 1. The first-order valence-corrected chi connectivity index (χ1v) is 9.78. The van der Waals surface area contributed by atoms with Gasteiger partial charge in [-0.2, -0.15) is 0 Å². The molecule has 0 spiro atoms.